The first-order valence-electron chi connectivity index (χ1n) is 5.19. The standard InChI is InChI=1S/C10H18N2O4/c1-3-4-5-8(10(11)15)12-9(14)6-16-7(2)13/h8H,3-6H2,1-2H3,(H2,11,15)(H,12,14)/t8-/m1/s1. The predicted molar refractivity (Wildman–Crippen MR) is 57.3 cm³/mol. The van der Waals surface area contributed by atoms with E-state index >= 15 is 0 Å². The molecule has 6 nitrogen and oxygen atoms in total. The molecule has 0 aromatic heterocycles. The van der Waals surface area contributed by atoms with Crippen molar-refractivity contribution in [2.45, 2.75) is 39.2 Å². The normalized spacial score (nSPS) is 11.6. The lowest BCUT2D eigenvalue weighted by atomic mass is 10.1. The summed E-state index contributed by atoms with van der Waals surface area (Å²) in [6, 6.07) is -0.692. The van der Waals surface area contributed by atoms with Gasteiger partial charge in [-0.25, -0.2) is 0 Å². The molecule has 0 spiro atoms. The Morgan fingerprint density at radius 3 is 2.44 bits per heavy atom. The van der Waals surface area contributed by atoms with E-state index in [1.54, 1.807) is 0 Å². The summed E-state index contributed by atoms with van der Waals surface area (Å²) in [6.07, 6.45) is 2.20. The summed E-state index contributed by atoms with van der Waals surface area (Å²) in [5, 5.41) is 2.42. The minimum absolute atomic E-state index is 0.384. The Bertz CT molecular complexity index is 266. The second-order valence-electron chi connectivity index (χ2n) is 3.44. The molecule has 0 radical (unpaired) electrons. The Kier molecular flexibility index (Phi) is 6.91. The van der Waals surface area contributed by atoms with Crippen molar-refractivity contribution in [2.24, 2.45) is 5.73 Å². The molecule has 1 atom stereocenters. The van der Waals surface area contributed by atoms with Crippen LogP contribution in [0.3, 0.4) is 0 Å². The second kappa shape index (κ2) is 7.67. The predicted octanol–water partition coefficient (Wildman–Crippen LogP) is -0.290. The van der Waals surface area contributed by atoms with E-state index in [9.17, 15) is 14.4 Å². The number of rotatable bonds is 7. The third kappa shape index (κ3) is 6.80. The fraction of sp³-hybridized carbons (Fsp3) is 0.700. The zero-order valence-electron chi connectivity index (χ0n) is 9.62. The van der Waals surface area contributed by atoms with Crippen LogP contribution < -0.4 is 11.1 Å². The Labute approximate surface area is 94.5 Å². The van der Waals surface area contributed by atoms with Gasteiger partial charge >= 0.3 is 5.97 Å². The van der Waals surface area contributed by atoms with Crippen molar-refractivity contribution in [3.63, 3.8) is 0 Å². The van der Waals surface area contributed by atoms with Crippen molar-refractivity contribution in [1.29, 1.82) is 0 Å². The number of nitrogens with one attached hydrogen (secondary N) is 1. The maximum atomic E-state index is 11.2. The van der Waals surface area contributed by atoms with Crippen LogP contribution in [0, 0.1) is 0 Å². The quantitative estimate of drug-likeness (QED) is 0.587. The minimum Gasteiger partial charge on any atom is -0.456 e. The number of hydrogen-bond donors (Lipinski definition) is 2. The number of hydrogen-bond acceptors (Lipinski definition) is 4. The molecule has 0 bridgehead atoms. The SMILES string of the molecule is CCCC[C@@H](NC(=O)COC(C)=O)C(N)=O. The van der Waals surface area contributed by atoms with E-state index in [4.69, 9.17) is 5.73 Å². The van der Waals surface area contributed by atoms with Gasteiger partial charge in [-0.05, 0) is 6.42 Å². The van der Waals surface area contributed by atoms with Crippen LogP contribution in [0.2, 0.25) is 0 Å². The maximum absolute atomic E-state index is 11.2. The monoisotopic (exact) mass is 230 g/mol. The number of primary amides is 1. The lowest BCUT2D eigenvalue weighted by Gasteiger charge is -2.14. The highest BCUT2D eigenvalue weighted by Crippen LogP contribution is 1.99. The molecule has 0 saturated carbocycles. The number of carbonyl (C=O) groups is 3. The second-order valence-corrected chi connectivity index (χ2v) is 3.44. The summed E-state index contributed by atoms with van der Waals surface area (Å²) < 4.78 is 4.49. The minimum atomic E-state index is -0.692. The Balaban J connectivity index is 4.02. The molecule has 0 saturated heterocycles. The van der Waals surface area contributed by atoms with Gasteiger partial charge in [-0.2, -0.15) is 0 Å². The Morgan fingerprint density at radius 1 is 1.38 bits per heavy atom. The molecule has 92 valence electrons. The lowest BCUT2D eigenvalue weighted by molar-refractivity contribution is -0.146. The number of esters is 1. The largest absolute Gasteiger partial charge is 0.456 e. The smallest absolute Gasteiger partial charge is 0.303 e. The first kappa shape index (κ1) is 14.4. The average molecular weight is 230 g/mol. The highest BCUT2D eigenvalue weighted by atomic mass is 16.5. The zero-order chi connectivity index (χ0) is 12.6. The molecule has 0 heterocycles. The van der Waals surface area contributed by atoms with Crippen molar-refractivity contribution >= 4 is 17.8 Å². The number of carbonyl (C=O) groups excluding carboxylic acids is 3. The van der Waals surface area contributed by atoms with Crippen molar-refractivity contribution in [2.75, 3.05) is 6.61 Å². The zero-order valence-corrected chi connectivity index (χ0v) is 9.62. The number of unbranched alkanes of at least 4 members (excludes halogenated alkanes) is 1. The summed E-state index contributed by atoms with van der Waals surface area (Å²) >= 11 is 0. The third-order valence-electron chi connectivity index (χ3n) is 1.93. The molecule has 0 aromatic carbocycles. The van der Waals surface area contributed by atoms with E-state index in [2.05, 4.69) is 10.1 Å². The molecule has 2 amide bonds. The van der Waals surface area contributed by atoms with Gasteiger partial charge in [0.05, 0.1) is 0 Å². The molecular weight excluding hydrogens is 212 g/mol. The molecule has 0 unspecified atom stereocenters. The van der Waals surface area contributed by atoms with Crippen LogP contribution in [0.5, 0.6) is 0 Å². The van der Waals surface area contributed by atoms with Crippen LogP contribution in [0.4, 0.5) is 0 Å². The van der Waals surface area contributed by atoms with Crippen LogP contribution in [0.15, 0.2) is 0 Å². The molecule has 3 N–H and O–H groups in total. The lowest BCUT2D eigenvalue weighted by Crippen LogP contribution is -2.45. The fourth-order valence-corrected chi connectivity index (χ4v) is 1.10. The van der Waals surface area contributed by atoms with E-state index in [1.807, 2.05) is 6.92 Å². The van der Waals surface area contributed by atoms with Crippen LogP contribution >= 0.6 is 0 Å². The van der Waals surface area contributed by atoms with Gasteiger partial charge in [-0.15, -0.1) is 0 Å². The Hall–Kier alpha value is -1.59. The van der Waals surface area contributed by atoms with Gasteiger partial charge in [0.1, 0.15) is 6.04 Å². The van der Waals surface area contributed by atoms with Gasteiger partial charge in [-0.1, -0.05) is 19.8 Å². The van der Waals surface area contributed by atoms with Crippen LogP contribution in [0.25, 0.3) is 0 Å². The first-order valence-corrected chi connectivity index (χ1v) is 5.19. The molecule has 0 aliphatic heterocycles. The van der Waals surface area contributed by atoms with E-state index in [0.717, 1.165) is 12.8 Å². The number of amides is 2. The topological polar surface area (TPSA) is 98.5 Å². The van der Waals surface area contributed by atoms with Crippen molar-refractivity contribution in [1.82, 2.24) is 5.32 Å². The van der Waals surface area contributed by atoms with E-state index in [1.165, 1.54) is 6.92 Å². The summed E-state index contributed by atoms with van der Waals surface area (Å²) in [6.45, 7) is 2.79. The summed E-state index contributed by atoms with van der Waals surface area (Å²) in [7, 11) is 0. The highest BCUT2D eigenvalue weighted by Gasteiger charge is 2.17. The molecule has 16 heavy (non-hydrogen) atoms. The van der Waals surface area contributed by atoms with Gasteiger partial charge in [0.15, 0.2) is 6.61 Å². The number of nitrogens with two attached hydrogens (primary N) is 1. The van der Waals surface area contributed by atoms with Gasteiger partial charge < -0.3 is 15.8 Å². The van der Waals surface area contributed by atoms with Crippen molar-refractivity contribution in [3.05, 3.63) is 0 Å². The summed E-state index contributed by atoms with van der Waals surface area (Å²) in [5.41, 5.74) is 5.12. The maximum Gasteiger partial charge on any atom is 0.303 e. The first-order chi connectivity index (χ1) is 7.47. The molecule has 6 heteroatoms. The van der Waals surface area contributed by atoms with Gasteiger partial charge in [0.2, 0.25) is 5.91 Å². The van der Waals surface area contributed by atoms with E-state index < -0.39 is 23.8 Å². The Morgan fingerprint density at radius 2 is 2.00 bits per heavy atom. The van der Waals surface area contributed by atoms with Crippen LogP contribution in [-0.2, 0) is 19.1 Å². The molecular formula is C10H18N2O4. The molecule has 0 aliphatic rings. The fourth-order valence-electron chi connectivity index (χ4n) is 1.10. The molecule has 0 fully saturated rings. The van der Waals surface area contributed by atoms with Gasteiger partial charge in [0, 0.05) is 6.92 Å². The van der Waals surface area contributed by atoms with Crippen LogP contribution in [-0.4, -0.2) is 30.4 Å². The number of ether oxygens (including phenoxy) is 1. The highest BCUT2D eigenvalue weighted by molar-refractivity contribution is 5.87. The van der Waals surface area contributed by atoms with Gasteiger partial charge in [0.25, 0.3) is 5.91 Å². The molecule has 0 aliphatic carbocycles. The summed E-state index contributed by atoms with van der Waals surface area (Å²) in [5.74, 6) is -1.64. The van der Waals surface area contributed by atoms with E-state index in [-0.39, 0.29) is 6.61 Å². The van der Waals surface area contributed by atoms with Gasteiger partial charge in [-0.3, -0.25) is 14.4 Å². The third-order valence-corrected chi connectivity index (χ3v) is 1.93. The van der Waals surface area contributed by atoms with Crippen molar-refractivity contribution < 1.29 is 19.1 Å². The average Bonchev–Trinajstić information content (AvgIpc) is 2.20. The molecule has 0 aromatic rings. The van der Waals surface area contributed by atoms with E-state index in [0.29, 0.717) is 6.42 Å². The molecule has 0 rings (SSSR count). The summed E-state index contributed by atoms with van der Waals surface area (Å²) in [4.78, 5) is 32.7. The van der Waals surface area contributed by atoms with Crippen molar-refractivity contribution in [3.8, 4) is 0 Å². The van der Waals surface area contributed by atoms with Crippen LogP contribution in [0.1, 0.15) is 33.1 Å².